The molecule has 4 heteroatoms. The second-order valence-electron chi connectivity index (χ2n) is 4.09. The van der Waals surface area contributed by atoms with Crippen LogP contribution in [0.1, 0.15) is 44.3 Å². The fraction of sp³-hybridized carbons (Fsp3) is 0.800. The lowest BCUT2D eigenvalue weighted by molar-refractivity contribution is 0.376. The second kappa shape index (κ2) is 4.09. The molecule has 4 nitrogen and oxygen atoms in total. The van der Waals surface area contributed by atoms with E-state index in [1.807, 2.05) is 6.33 Å². The molecule has 1 heterocycles. The van der Waals surface area contributed by atoms with Gasteiger partial charge in [-0.15, -0.1) is 10.2 Å². The molecule has 0 aliphatic heterocycles. The number of hydrogen-bond donors (Lipinski definition) is 1. The van der Waals surface area contributed by atoms with Crippen molar-refractivity contribution in [2.45, 2.75) is 51.1 Å². The largest absolute Gasteiger partial charge is 0.328 e. The third kappa shape index (κ3) is 1.80. The van der Waals surface area contributed by atoms with Crippen LogP contribution < -0.4 is 5.73 Å². The molecule has 14 heavy (non-hydrogen) atoms. The molecule has 1 fully saturated rings. The third-order valence-corrected chi connectivity index (χ3v) is 3.12. The molecule has 0 bridgehead atoms. The lowest BCUT2D eigenvalue weighted by Gasteiger charge is -2.25. The van der Waals surface area contributed by atoms with Gasteiger partial charge in [0.2, 0.25) is 0 Å². The van der Waals surface area contributed by atoms with Crippen molar-refractivity contribution in [3.05, 3.63) is 12.2 Å². The van der Waals surface area contributed by atoms with Gasteiger partial charge in [0.05, 0.1) is 0 Å². The molecule has 1 aromatic heterocycles. The van der Waals surface area contributed by atoms with Crippen molar-refractivity contribution in [1.82, 2.24) is 14.8 Å². The molecular weight excluding hydrogens is 176 g/mol. The molecule has 1 aliphatic rings. The van der Waals surface area contributed by atoms with Gasteiger partial charge in [-0.1, -0.05) is 0 Å². The predicted octanol–water partition coefficient (Wildman–Crippen LogP) is 1.28. The van der Waals surface area contributed by atoms with Crippen LogP contribution in [0.15, 0.2) is 6.33 Å². The maximum atomic E-state index is 5.88. The van der Waals surface area contributed by atoms with E-state index in [-0.39, 0.29) is 0 Å². The fourth-order valence-corrected chi connectivity index (χ4v) is 2.20. The summed E-state index contributed by atoms with van der Waals surface area (Å²) in [6.45, 7) is 3.09. The summed E-state index contributed by atoms with van der Waals surface area (Å²) >= 11 is 0. The molecule has 0 aromatic carbocycles. The predicted molar refractivity (Wildman–Crippen MR) is 54.9 cm³/mol. The molecule has 0 unspecified atom stereocenters. The number of nitrogens with two attached hydrogens (primary N) is 1. The third-order valence-electron chi connectivity index (χ3n) is 3.12. The van der Waals surface area contributed by atoms with Gasteiger partial charge in [0.25, 0.3) is 0 Å². The molecule has 1 aromatic rings. The Kier molecular flexibility index (Phi) is 2.82. The van der Waals surface area contributed by atoms with Crippen molar-refractivity contribution >= 4 is 0 Å². The maximum Gasteiger partial charge on any atom is 0.135 e. The highest BCUT2D eigenvalue weighted by Gasteiger charge is 2.23. The zero-order chi connectivity index (χ0) is 9.97. The molecular formula is C10H18N4. The SMILES string of the molecule is CCn1cnnc1C1CCC(N)CC1. The Morgan fingerprint density at radius 2 is 2.14 bits per heavy atom. The lowest BCUT2D eigenvalue weighted by Crippen LogP contribution is -2.26. The van der Waals surface area contributed by atoms with E-state index in [0.29, 0.717) is 12.0 Å². The topological polar surface area (TPSA) is 56.7 Å². The summed E-state index contributed by atoms with van der Waals surface area (Å²) in [5, 5.41) is 8.18. The first-order chi connectivity index (χ1) is 6.81. The molecule has 0 amide bonds. The van der Waals surface area contributed by atoms with Crippen LogP contribution in [0.5, 0.6) is 0 Å². The van der Waals surface area contributed by atoms with Gasteiger partial charge in [-0.3, -0.25) is 0 Å². The van der Waals surface area contributed by atoms with E-state index in [4.69, 9.17) is 5.73 Å². The van der Waals surface area contributed by atoms with Crippen LogP contribution in [-0.4, -0.2) is 20.8 Å². The normalized spacial score (nSPS) is 27.9. The van der Waals surface area contributed by atoms with Crippen molar-refractivity contribution in [2.24, 2.45) is 5.73 Å². The number of aryl methyl sites for hydroxylation is 1. The quantitative estimate of drug-likeness (QED) is 0.771. The van der Waals surface area contributed by atoms with Crippen LogP contribution in [0, 0.1) is 0 Å². The Labute approximate surface area is 84.5 Å². The van der Waals surface area contributed by atoms with Gasteiger partial charge in [-0.2, -0.15) is 0 Å². The van der Waals surface area contributed by atoms with E-state index >= 15 is 0 Å². The van der Waals surface area contributed by atoms with Gasteiger partial charge in [0.1, 0.15) is 12.2 Å². The van der Waals surface area contributed by atoms with Crippen molar-refractivity contribution in [3.63, 3.8) is 0 Å². The summed E-state index contributed by atoms with van der Waals surface area (Å²) in [6.07, 6.45) is 6.41. The summed E-state index contributed by atoms with van der Waals surface area (Å²) < 4.78 is 2.14. The Balaban J connectivity index is 2.08. The molecule has 1 saturated carbocycles. The number of aromatic nitrogens is 3. The minimum atomic E-state index is 0.407. The molecule has 0 atom stereocenters. The molecule has 0 spiro atoms. The van der Waals surface area contributed by atoms with E-state index in [9.17, 15) is 0 Å². The molecule has 2 rings (SSSR count). The van der Waals surface area contributed by atoms with Gasteiger partial charge in [0.15, 0.2) is 0 Å². The van der Waals surface area contributed by atoms with E-state index in [0.717, 1.165) is 25.2 Å². The van der Waals surface area contributed by atoms with Crippen LogP contribution >= 0.6 is 0 Å². The first-order valence-electron chi connectivity index (χ1n) is 5.44. The highest BCUT2D eigenvalue weighted by Crippen LogP contribution is 2.30. The standard InChI is InChI=1S/C10H18N4/c1-2-14-7-12-13-10(14)8-3-5-9(11)6-4-8/h7-9H,2-6,11H2,1H3. The van der Waals surface area contributed by atoms with Crippen molar-refractivity contribution in [3.8, 4) is 0 Å². The summed E-state index contributed by atoms with van der Waals surface area (Å²) in [7, 11) is 0. The average Bonchev–Trinajstić information content (AvgIpc) is 2.67. The average molecular weight is 194 g/mol. The van der Waals surface area contributed by atoms with E-state index in [1.54, 1.807) is 0 Å². The van der Waals surface area contributed by atoms with Crippen molar-refractivity contribution < 1.29 is 0 Å². The summed E-state index contributed by atoms with van der Waals surface area (Å²) in [5.74, 6) is 1.73. The fourth-order valence-electron chi connectivity index (χ4n) is 2.20. The van der Waals surface area contributed by atoms with Gasteiger partial charge >= 0.3 is 0 Å². The van der Waals surface area contributed by atoms with Crippen LogP contribution in [0.25, 0.3) is 0 Å². The molecule has 2 N–H and O–H groups in total. The zero-order valence-corrected chi connectivity index (χ0v) is 8.69. The monoisotopic (exact) mass is 194 g/mol. The van der Waals surface area contributed by atoms with Gasteiger partial charge in [-0.05, 0) is 32.6 Å². The number of nitrogens with zero attached hydrogens (tertiary/aromatic N) is 3. The number of hydrogen-bond acceptors (Lipinski definition) is 3. The van der Waals surface area contributed by atoms with E-state index < -0.39 is 0 Å². The first kappa shape index (κ1) is 9.65. The van der Waals surface area contributed by atoms with Gasteiger partial charge in [-0.25, -0.2) is 0 Å². The van der Waals surface area contributed by atoms with Crippen molar-refractivity contribution in [2.75, 3.05) is 0 Å². The number of rotatable bonds is 2. The zero-order valence-electron chi connectivity index (χ0n) is 8.69. The van der Waals surface area contributed by atoms with Crippen LogP contribution in [0.3, 0.4) is 0 Å². The molecule has 0 saturated heterocycles. The Morgan fingerprint density at radius 3 is 2.79 bits per heavy atom. The van der Waals surface area contributed by atoms with Gasteiger partial charge < -0.3 is 10.3 Å². The van der Waals surface area contributed by atoms with E-state index in [2.05, 4.69) is 21.7 Å². The Morgan fingerprint density at radius 1 is 1.43 bits per heavy atom. The van der Waals surface area contributed by atoms with Crippen LogP contribution in [-0.2, 0) is 6.54 Å². The lowest BCUT2D eigenvalue weighted by atomic mass is 9.86. The van der Waals surface area contributed by atoms with Crippen LogP contribution in [0.4, 0.5) is 0 Å². The summed E-state index contributed by atoms with van der Waals surface area (Å²) in [5.41, 5.74) is 5.88. The first-order valence-corrected chi connectivity index (χ1v) is 5.44. The Hall–Kier alpha value is -0.900. The summed E-state index contributed by atoms with van der Waals surface area (Å²) in [6, 6.07) is 0.407. The molecule has 1 aliphatic carbocycles. The van der Waals surface area contributed by atoms with Crippen LogP contribution in [0.2, 0.25) is 0 Å². The minimum absolute atomic E-state index is 0.407. The van der Waals surface area contributed by atoms with E-state index in [1.165, 1.54) is 12.8 Å². The highest BCUT2D eigenvalue weighted by molar-refractivity contribution is 4.99. The second-order valence-corrected chi connectivity index (χ2v) is 4.09. The molecule has 78 valence electrons. The minimum Gasteiger partial charge on any atom is -0.328 e. The molecule has 0 radical (unpaired) electrons. The summed E-state index contributed by atoms with van der Waals surface area (Å²) in [4.78, 5) is 0. The Bertz CT molecular complexity index is 286. The van der Waals surface area contributed by atoms with Crippen molar-refractivity contribution in [1.29, 1.82) is 0 Å². The highest BCUT2D eigenvalue weighted by atomic mass is 15.3. The van der Waals surface area contributed by atoms with Gasteiger partial charge in [0, 0.05) is 18.5 Å². The maximum absolute atomic E-state index is 5.88. The smallest absolute Gasteiger partial charge is 0.135 e.